The highest BCUT2D eigenvalue weighted by atomic mass is 35.5. The molecule has 2 aromatic carbocycles. The van der Waals surface area contributed by atoms with Crippen LogP contribution in [0.4, 0.5) is 0 Å². The highest BCUT2D eigenvalue weighted by Crippen LogP contribution is 2.51. The first kappa shape index (κ1) is 23.4. The average Bonchev–Trinajstić information content (AvgIpc) is 3.18. The molecule has 0 radical (unpaired) electrons. The topological polar surface area (TPSA) is 129 Å². The third kappa shape index (κ3) is 3.52. The van der Waals surface area contributed by atoms with Crippen LogP contribution in [0.3, 0.4) is 0 Å². The molecule has 32 heavy (non-hydrogen) atoms. The van der Waals surface area contributed by atoms with Crippen molar-refractivity contribution in [2.24, 2.45) is 0 Å². The summed E-state index contributed by atoms with van der Waals surface area (Å²) >= 11 is 6.37. The summed E-state index contributed by atoms with van der Waals surface area (Å²) in [5, 5.41) is 53.3. The van der Waals surface area contributed by atoms with Gasteiger partial charge in [-0.15, -0.1) is 0 Å². The van der Waals surface area contributed by atoms with Crippen molar-refractivity contribution in [3.63, 3.8) is 0 Å². The van der Waals surface area contributed by atoms with Crippen LogP contribution in [0.2, 0.25) is 5.02 Å². The summed E-state index contributed by atoms with van der Waals surface area (Å²) in [4.78, 5) is 0. The van der Waals surface area contributed by atoms with E-state index < -0.39 is 41.9 Å². The van der Waals surface area contributed by atoms with Crippen molar-refractivity contribution in [1.29, 1.82) is 0 Å². The van der Waals surface area contributed by atoms with E-state index in [0.717, 1.165) is 0 Å². The minimum atomic E-state index is -1.85. The SMILES string of the molecule is CCOc1ccc(C(O)c2cc([C@]34OC[C@](C(C)O)(O3)[C@@H](O)[C@H](O)[C@H]4O)ccc2Cl)cc1. The third-order valence-corrected chi connectivity index (χ3v) is 6.64. The summed E-state index contributed by atoms with van der Waals surface area (Å²) in [7, 11) is 0. The van der Waals surface area contributed by atoms with Crippen molar-refractivity contribution >= 4 is 11.6 Å². The second-order valence-corrected chi connectivity index (χ2v) is 8.62. The smallest absolute Gasteiger partial charge is 0.225 e. The van der Waals surface area contributed by atoms with E-state index in [1.54, 1.807) is 30.3 Å². The maximum atomic E-state index is 11.0. The molecule has 0 aromatic heterocycles. The largest absolute Gasteiger partial charge is 0.494 e. The van der Waals surface area contributed by atoms with Crippen LogP contribution in [0, 0.1) is 0 Å². The van der Waals surface area contributed by atoms with Crippen LogP contribution in [0.25, 0.3) is 0 Å². The van der Waals surface area contributed by atoms with Gasteiger partial charge in [0.1, 0.15) is 35.8 Å². The molecule has 8 nitrogen and oxygen atoms in total. The van der Waals surface area contributed by atoms with Crippen LogP contribution in [-0.4, -0.2) is 68.8 Å². The first-order valence-corrected chi connectivity index (χ1v) is 10.8. The van der Waals surface area contributed by atoms with E-state index in [9.17, 15) is 25.5 Å². The quantitative estimate of drug-likeness (QED) is 0.430. The summed E-state index contributed by atoms with van der Waals surface area (Å²) in [5.41, 5.74) is -0.442. The van der Waals surface area contributed by atoms with Gasteiger partial charge in [0.15, 0.2) is 0 Å². The van der Waals surface area contributed by atoms with E-state index in [1.807, 2.05) is 6.92 Å². The Morgan fingerprint density at radius 1 is 1.09 bits per heavy atom. The monoisotopic (exact) mass is 466 g/mol. The number of hydrogen-bond acceptors (Lipinski definition) is 8. The molecule has 2 heterocycles. The Hall–Kier alpha value is -1.75. The van der Waals surface area contributed by atoms with E-state index in [4.69, 9.17) is 25.8 Å². The molecule has 2 saturated heterocycles. The van der Waals surface area contributed by atoms with E-state index in [1.165, 1.54) is 19.1 Å². The van der Waals surface area contributed by atoms with E-state index in [0.29, 0.717) is 23.5 Å². The van der Waals surface area contributed by atoms with Crippen molar-refractivity contribution in [1.82, 2.24) is 0 Å². The highest BCUT2D eigenvalue weighted by Gasteiger charge is 2.68. The van der Waals surface area contributed by atoms with Gasteiger partial charge in [0, 0.05) is 16.1 Å². The molecule has 2 unspecified atom stereocenters. The molecule has 5 N–H and O–H groups in total. The first-order chi connectivity index (χ1) is 15.2. The zero-order chi connectivity index (χ0) is 23.3. The van der Waals surface area contributed by atoms with Gasteiger partial charge in [-0.3, -0.25) is 0 Å². The minimum Gasteiger partial charge on any atom is -0.494 e. The average molecular weight is 467 g/mol. The lowest BCUT2D eigenvalue weighted by molar-refractivity contribution is -0.337. The normalized spacial score (nSPS) is 33.7. The standard InChI is InChI=1S/C23H27ClO8/c1-3-30-15-7-4-13(5-8-15)18(26)16-10-14(6-9-17(16)24)23-21(29)19(27)20(28)22(32-23,11-31-23)12(2)25/h4-10,12,18-21,25-29H,3,11H2,1-2H3/t12?,18?,19-,20-,21+,22+,23-/m0/s1. The highest BCUT2D eigenvalue weighted by molar-refractivity contribution is 6.31. The molecule has 0 spiro atoms. The molecule has 4 rings (SSSR count). The maximum absolute atomic E-state index is 11.0. The zero-order valence-corrected chi connectivity index (χ0v) is 18.4. The Morgan fingerprint density at radius 2 is 1.78 bits per heavy atom. The summed E-state index contributed by atoms with van der Waals surface area (Å²) in [6.45, 7) is 3.56. The van der Waals surface area contributed by atoms with E-state index in [2.05, 4.69) is 0 Å². The van der Waals surface area contributed by atoms with Crippen LogP contribution < -0.4 is 4.74 Å². The third-order valence-electron chi connectivity index (χ3n) is 6.30. The van der Waals surface area contributed by atoms with Gasteiger partial charge in [-0.2, -0.15) is 0 Å². The molecule has 2 aliphatic rings. The zero-order valence-electron chi connectivity index (χ0n) is 17.7. The van der Waals surface area contributed by atoms with Gasteiger partial charge in [0.05, 0.1) is 19.3 Å². The summed E-state index contributed by atoms with van der Waals surface area (Å²) in [5.74, 6) is -1.18. The second-order valence-electron chi connectivity index (χ2n) is 8.21. The number of hydrogen-bond donors (Lipinski definition) is 5. The van der Waals surface area contributed by atoms with Gasteiger partial charge in [0.2, 0.25) is 5.79 Å². The molecule has 2 aliphatic heterocycles. The maximum Gasteiger partial charge on any atom is 0.225 e. The summed E-state index contributed by atoms with van der Waals surface area (Å²) < 4.78 is 17.2. The van der Waals surface area contributed by atoms with E-state index in [-0.39, 0.29) is 17.2 Å². The Balaban J connectivity index is 1.72. The number of halogens is 1. The molecular formula is C23H27ClO8. The molecule has 0 aliphatic carbocycles. The lowest BCUT2D eigenvalue weighted by Crippen LogP contribution is -2.67. The van der Waals surface area contributed by atoms with Gasteiger partial charge in [-0.25, -0.2) is 0 Å². The molecule has 0 amide bonds. The number of ether oxygens (including phenoxy) is 3. The minimum absolute atomic E-state index is 0.251. The fourth-order valence-corrected chi connectivity index (χ4v) is 4.59. The lowest BCUT2D eigenvalue weighted by atomic mass is 9.81. The molecule has 174 valence electrons. The fraction of sp³-hybridized carbons (Fsp3) is 0.478. The summed E-state index contributed by atoms with van der Waals surface area (Å²) in [6.07, 6.45) is -7.13. The molecule has 2 aromatic rings. The van der Waals surface area contributed by atoms with Gasteiger partial charge in [0.25, 0.3) is 0 Å². The van der Waals surface area contributed by atoms with Crippen LogP contribution in [0.1, 0.15) is 36.6 Å². The van der Waals surface area contributed by atoms with Crippen molar-refractivity contribution in [3.05, 3.63) is 64.2 Å². The Labute approximate surface area is 190 Å². The number of aliphatic hydroxyl groups is 5. The van der Waals surface area contributed by atoms with Gasteiger partial charge >= 0.3 is 0 Å². The van der Waals surface area contributed by atoms with Crippen molar-refractivity contribution in [2.45, 2.75) is 55.8 Å². The van der Waals surface area contributed by atoms with Crippen LogP contribution in [0.15, 0.2) is 42.5 Å². The Kier molecular flexibility index (Phi) is 6.26. The molecule has 9 heteroatoms. The van der Waals surface area contributed by atoms with Crippen LogP contribution in [0.5, 0.6) is 5.75 Å². The van der Waals surface area contributed by atoms with Gasteiger partial charge in [-0.05, 0) is 43.7 Å². The molecule has 2 bridgehead atoms. The van der Waals surface area contributed by atoms with Gasteiger partial charge in [-0.1, -0.05) is 29.8 Å². The molecule has 2 fully saturated rings. The van der Waals surface area contributed by atoms with Crippen LogP contribution in [-0.2, 0) is 15.3 Å². The number of benzene rings is 2. The van der Waals surface area contributed by atoms with Gasteiger partial charge < -0.3 is 39.7 Å². The number of aliphatic hydroxyl groups excluding tert-OH is 5. The van der Waals surface area contributed by atoms with Crippen molar-refractivity contribution < 1.29 is 39.7 Å². The predicted molar refractivity (Wildman–Crippen MR) is 114 cm³/mol. The molecule has 7 atom stereocenters. The predicted octanol–water partition coefficient (Wildman–Crippen LogP) is 1.24. The number of fused-ring (bicyclic) bond motifs is 2. The molecular weight excluding hydrogens is 440 g/mol. The Morgan fingerprint density at radius 3 is 2.41 bits per heavy atom. The lowest BCUT2D eigenvalue weighted by Gasteiger charge is -2.47. The number of rotatable bonds is 6. The summed E-state index contributed by atoms with van der Waals surface area (Å²) in [6, 6.07) is 11.5. The van der Waals surface area contributed by atoms with Crippen LogP contribution >= 0.6 is 11.6 Å². The van der Waals surface area contributed by atoms with Crippen molar-refractivity contribution in [3.8, 4) is 5.75 Å². The molecule has 0 saturated carbocycles. The first-order valence-electron chi connectivity index (χ1n) is 10.4. The van der Waals surface area contributed by atoms with E-state index >= 15 is 0 Å². The Bertz CT molecular complexity index is 967. The second kappa shape index (κ2) is 8.55. The fourth-order valence-electron chi connectivity index (χ4n) is 4.37. The van der Waals surface area contributed by atoms with Crippen molar-refractivity contribution in [2.75, 3.05) is 13.2 Å².